The van der Waals surface area contributed by atoms with Gasteiger partial charge in [-0.1, -0.05) is 65.1 Å². The van der Waals surface area contributed by atoms with Gasteiger partial charge < -0.3 is 11.5 Å². The Bertz CT molecular complexity index is 842. The largest absolute Gasteiger partial charge is 0.398 e. The molecule has 0 heterocycles. The summed E-state index contributed by atoms with van der Waals surface area (Å²) < 4.78 is 0. The summed E-state index contributed by atoms with van der Waals surface area (Å²) >= 11 is 18.9. The molecule has 0 aliphatic carbocycles. The van der Waals surface area contributed by atoms with E-state index >= 15 is 0 Å². The molecular weight excluding hydrogens is 363 g/mol. The number of rotatable bonds is 3. The Morgan fingerprint density at radius 2 is 1.12 bits per heavy atom. The highest BCUT2D eigenvalue weighted by Crippen LogP contribution is 2.39. The van der Waals surface area contributed by atoms with Crippen molar-refractivity contribution in [1.82, 2.24) is 0 Å². The maximum Gasteiger partial charge on any atom is 0.0638 e. The second-order valence-electron chi connectivity index (χ2n) is 5.52. The van der Waals surface area contributed by atoms with Gasteiger partial charge >= 0.3 is 0 Å². The van der Waals surface area contributed by atoms with E-state index in [1.54, 1.807) is 12.1 Å². The average Bonchev–Trinajstić information content (AvgIpc) is 2.56. The van der Waals surface area contributed by atoms with Crippen molar-refractivity contribution in [2.24, 2.45) is 0 Å². The zero-order valence-electron chi connectivity index (χ0n) is 12.6. The topological polar surface area (TPSA) is 52.0 Å². The summed E-state index contributed by atoms with van der Waals surface area (Å²) in [6.45, 7) is 0. The summed E-state index contributed by atoms with van der Waals surface area (Å²) in [5.74, 6) is -0.130. The Morgan fingerprint density at radius 3 is 1.58 bits per heavy atom. The highest BCUT2D eigenvalue weighted by molar-refractivity contribution is 6.33. The van der Waals surface area contributed by atoms with E-state index in [-0.39, 0.29) is 5.92 Å². The van der Waals surface area contributed by atoms with Gasteiger partial charge in [0, 0.05) is 10.9 Å². The van der Waals surface area contributed by atoms with Crippen LogP contribution in [0.4, 0.5) is 11.4 Å². The Kier molecular flexibility index (Phi) is 4.91. The van der Waals surface area contributed by atoms with Crippen molar-refractivity contribution >= 4 is 46.2 Å². The monoisotopic (exact) mass is 376 g/mol. The molecule has 3 aromatic carbocycles. The quantitative estimate of drug-likeness (QED) is 0.435. The van der Waals surface area contributed by atoms with Crippen LogP contribution in [0.1, 0.15) is 22.6 Å². The molecule has 0 saturated heterocycles. The molecule has 122 valence electrons. The number of halogens is 3. The van der Waals surface area contributed by atoms with E-state index in [4.69, 9.17) is 46.3 Å². The van der Waals surface area contributed by atoms with Crippen LogP contribution in [0.2, 0.25) is 15.1 Å². The molecule has 0 radical (unpaired) electrons. The molecular formula is C19H15Cl3N2. The van der Waals surface area contributed by atoms with Gasteiger partial charge in [-0.25, -0.2) is 0 Å². The van der Waals surface area contributed by atoms with Crippen LogP contribution in [-0.4, -0.2) is 0 Å². The van der Waals surface area contributed by atoms with E-state index < -0.39 is 0 Å². The summed E-state index contributed by atoms with van der Waals surface area (Å²) in [6.07, 6.45) is 0. The number of hydrogen-bond acceptors (Lipinski definition) is 2. The van der Waals surface area contributed by atoms with Crippen LogP contribution in [0.25, 0.3) is 0 Å². The van der Waals surface area contributed by atoms with Crippen molar-refractivity contribution in [1.29, 1.82) is 0 Å². The van der Waals surface area contributed by atoms with Crippen molar-refractivity contribution in [3.8, 4) is 0 Å². The SMILES string of the molecule is Nc1ccc(C(c2ccc(N)c(Cl)c2)c2ccccc2Cl)cc1Cl. The fraction of sp³-hybridized carbons (Fsp3) is 0.0526. The second-order valence-corrected chi connectivity index (χ2v) is 6.74. The number of benzene rings is 3. The molecule has 0 spiro atoms. The summed E-state index contributed by atoms with van der Waals surface area (Å²) in [4.78, 5) is 0. The number of nitrogens with two attached hydrogens (primary N) is 2. The molecule has 0 fully saturated rings. The fourth-order valence-corrected chi connectivity index (χ4v) is 3.33. The molecule has 0 aromatic heterocycles. The Balaban J connectivity index is 2.22. The van der Waals surface area contributed by atoms with Gasteiger partial charge in [0.15, 0.2) is 0 Å². The molecule has 3 rings (SSSR count). The molecule has 0 aliphatic rings. The predicted octanol–water partition coefficient (Wildman–Crippen LogP) is 5.99. The molecule has 0 saturated carbocycles. The predicted molar refractivity (Wildman–Crippen MR) is 104 cm³/mol. The highest BCUT2D eigenvalue weighted by Gasteiger charge is 2.20. The number of nitrogen functional groups attached to an aromatic ring is 2. The third-order valence-electron chi connectivity index (χ3n) is 3.93. The standard InChI is InChI=1S/C19H15Cl3N2/c20-14-4-2-1-3-13(14)19(11-5-7-17(23)15(21)9-11)12-6-8-18(24)16(22)10-12/h1-10,19H,23-24H2. The fourth-order valence-electron chi connectivity index (χ4n) is 2.71. The first-order chi connectivity index (χ1) is 11.5. The van der Waals surface area contributed by atoms with Gasteiger partial charge in [-0.15, -0.1) is 0 Å². The van der Waals surface area contributed by atoms with Crippen LogP contribution in [0.5, 0.6) is 0 Å². The molecule has 0 bridgehead atoms. The Hall–Kier alpha value is -1.87. The molecule has 24 heavy (non-hydrogen) atoms. The van der Waals surface area contributed by atoms with Crippen LogP contribution < -0.4 is 11.5 Å². The van der Waals surface area contributed by atoms with Gasteiger partial charge in [-0.05, 0) is 47.0 Å². The number of hydrogen-bond donors (Lipinski definition) is 2. The first-order valence-corrected chi connectivity index (χ1v) is 8.45. The van der Waals surface area contributed by atoms with Crippen molar-refractivity contribution in [3.63, 3.8) is 0 Å². The lowest BCUT2D eigenvalue weighted by Gasteiger charge is -2.21. The molecule has 3 aromatic rings. The van der Waals surface area contributed by atoms with Crippen molar-refractivity contribution in [2.75, 3.05) is 11.5 Å². The third-order valence-corrected chi connectivity index (χ3v) is 4.93. The van der Waals surface area contributed by atoms with Gasteiger partial charge in [0.25, 0.3) is 0 Å². The van der Waals surface area contributed by atoms with Gasteiger partial charge in [-0.3, -0.25) is 0 Å². The smallest absolute Gasteiger partial charge is 0.0638 e. The van der Waals surface area contributed by atoms with E-state index in [0.29, 0.717) is 26.4 Å². The maximum atomic E-state index is 6.45. The van der Waals surface area contributed by atoms with Gasteiger partial charge in [-0.2, -0.15) is 0 Å². The molecule has 0 aliphatic heterocycles. The first kappa shape index (κ1) is 17.0. The van der Waals surface area contributed by atoms with Crippen LogP contribution in [-0.2, 0) is 0 Å². The van der Waals surface area contributed by atoms with E-state index in [1.807, 2.05) is 48.5 Å². The minimum absolute atomic E-state index is 0.130. The van der Waals surface area contributed by atoms with E-state index in [0.717, 1.165) is 16.7 Å². The summed E-state index contributed by atoms with van der Waals surface area (Å²) in [5.41, 5.74) is 15.7. The lowest BCUT2D eigenvalue weighted by molar-refractivity contribution is 0.978. The van der Waals surface area contributed by atoms with Crippen molar-refractivity contribution < 1.29 is 0 Å². The zero-order valence-corrected chi connectivity index (χ0v) is 14.9. The van der Waals surface area contributed by atoms with Crippen LogP contribution in [0, 0.1) is 0 Å². The minimum atomic E-state index is -0.130. The lowest BCUT2D eigenvalue weighted by atomic mass is 9.85. The molecule has 5 heteroatoms. The summed E-state index contributed by atoms with van der Waals surface area (Å²) in [6, 6.07) is 18.9. The molecule has 0 unspecified atom stereocenters. The Labute approximate surface area is 156 Å². The van der Waals surface area contributed by atoms with Crippen molar-refractivity contribution in [2.45, 2.75) is 5.92 Å². The van der Waals surface area contributed by atoms with Crippen LogP contribution in [0.15, 0.2) is 60.7 Å². The maximum absolute atomic E-state index is 6.45. The summed E-state index contributed by atoms with van der Waals surface area (Å²) in [7, 11) is 0. The average molecular weight is 378 g/mol. The van der Waals surface area contributed by atoms with E-state index in [2.05, 4.69) is 0 Å². The Morgan fingerprint density at radius 1 is 0.625 bits per heavy atom. The van der Waals surface area contributed by atoms with E-state index in [9.17, 15) is 0 Å². The third kappa shape index (κ3) is 3.32. The van der Waals surface area contributed by atoms with E-state index in [1.165, 1.54) is 0 Å². The minimum Gasteiger partial charge on any atom is -0.398 e. The van der Waals surface area contributed by atoms with Crippen LogP contribution in [0.3, 0.4) is 0 Å². The molecule has 0 amide bonds. The van der Waals surface area contributed by atoms with Crippen LogP contribution >= 0.6 is 34.8 Å². The normalized spacial score (nSPS) is 11.0. The first-order valence-electron chi connectivity index (χ1n) is 7.31. The highest BCUT2D eigenvalue weighted by atomic mass is 35.5. The molecule has 4 N–H and O–H groups in total. The number of anilines is 2. The lowest BCUT2D eigenvalue weighted by Crippen LogP contribution is -2.05. The zero-order chi connectivity index (χ0) is 17.3. The second kappa shape index (κ2) is 6.94. The molecule has 2 nitrogen and oxygen atoms in total. The van der Waals surface area contributed by atoms with Gasteiger partial charge in [0.1, 0.15) is 0 Å². The van der Waals surface area contributed by atoms with Crippen molar-refractivity contribution in [3.05, 3.63) is 92.4 Å². The summed E-state index contributed by atoms with van der Waals surface area (Å²) in [5, 5.41) is 1.68. The molecule has 0 atom stereocenters. The van der Waals surface area contributed by atoms with Gasteiger partial charge in [0.05, 0.1) is 21.4 Å². The van der Waals surface area contributed by atoms with Gasteiger partial charge in [0.2, 0.25) is 0 Å².